The van der Waals surface area contributed by atoms with Gasteiger partial charge in [0.2, 0.25) is 0 Å². The Morgan fingerprint density at radius 3 is 3.25 bits per heavy atom. The molecule has 0 aromatic carbocycles. The van der Waals surface area contributed by atoms with E-state index in [4.69, 9.17) is 0 Å². The lowest BCUT2D eigenvalue weighted by molar-refractivity contribution is 0.732. The molecule has 0 spiro atoms. The van der Waals surface area contributed by atoms with E-state index in [1.807, 2.05) is 0 Å². The Morgan fingerprint density at radius 1 is 1.58 bits per heavy atom. The first-order chi connectivity index (χ1) is 5.95. The van der Waals surface area contributed by atoms with Gasteiger partial charge in [0.05, 0.1) is 0 Å². The van der Waals surface area contributed by atoms with Crippen LogP contribution < -0.4 is 5.32 Å². The first-order valence-electron chi connectivity index (χ1n) is 4.37. The maximum Gasteiger partial charge on any atom is 0.0267 e. The van der Waals surface area contributed by atoms with Gasteiger partial charge in [0.15, 0.2) is 0 Å². The second-order valence-electron chi connectivity index (χ2n) is 3.13. The molecule has 1 nitrogen and oxygen atoms in total. The van der Waals surface area contributed by atoms with Gasteiger partial charge < -0.3 is 5.32 Å². The number of hydrogen-bond acceptors (Lipinski definition) is 2. The molecule has 1 atom stereocenters. The summed E-state index contributed by atoms with van der Waals surface area (Å²) in [7, 11) is 0. The van der Waals surface area contributed by atoms with Gasteiger partial charge in [-0.15, -0.1) is 11.3 Å². The molecule has 1 unspecified atom stereocenters. The van der Waals surface area contributed by atoms with Crippen molar-refractivity contribution in [2.75, 3.05) is 13.1 Å². The minimum absolute atomic E-state index is 0.757. The van der Waals surface area contributed by atoms with E-state index in [0.717, 1.165) is 12.5 Å². The monoisotopic (exact) mass is 179 g/mol. The zero-order chi connectivity index (χ0) is 8.23. The molecule has 64 valence electrons. The fourth-order valence-electron chi connectivity index (χ4n) is 1.46. The lowest BCUT2D eigenvalue weighted by Crippen LogP contribution is -2.07. The van der Waals surface area contributed by atoms with E-state index >= 15 is 0 Å². The van der Waals surface area contributed by atoms with Crippen molar-refractivity contribution in [3.8, 4) is 0 Å². The highest BCUT2D eigenvalue weighted by Gasteiger charge is 2.09. The second kappa shape index (κ2) is 3.87. The van der Waals surface area contributed by atoms with Crippen LogP contribution in [0.5, 0.6) is 0 Å². The van der Waals surface area contributed by atoms with Crippen LogP contribution in [0, 0.1) is 5.92 Å². The van der Waals surface area contributed by atoms with Gasteiger partial charge in [-0.3, -0.25) is 0 Å². The number of rotatable bonds is 2. The summed E-state index contributed by atoms with van der Waals surface area (Å²) >= 11 is 1.80. The van der Waals surface area contributed by atoms with Gasteiger partial charge in [-0.05, 0) is 36.4 Å². The SMILES string of the molecule is C(=C\C1CCNC1)/c1cccs1. The van der Waals surface area contributed by atoms with Crippen LogP contribution in [0.15, 0.2) is 23.6 Å². The topological polar surface area (TPSA) is 12.0 Å². The van der Waals surface area contributed by atoms with Gasteiger partial charge in [0.1, 0.15) is 0 Å². The zero-order valence-electron chi connectivity index (χ0n) is 6.99. The third kappa shape index (κ3) is 1.96. The molecular weight excluding hydrogens is 166 g/mol. The van der Waals surface area contributed by atoms with Crippen LogP contribution in [0.3, 0.4) is 0 Å². The van der Waals surface area contributed by atoms with Crippen molar-refractivity contribution in [3.05, 3.63) is 28.5 Å². The summed E-state index contributed by atoms with van der Waals surface area (Å²) in [5.41, 5.74) is 0. The molecule has 12 heavy (non-hydrogen) atoms. The molecule has 1 aliphatic rings. The van der Waals surface area contributed by atoms with Crippen molar-refractivity contribution in [2.24, 2.45) is 5.92 Å². The lowest BCUT2D eigenvalue weighted by atomic mass is 10.1. The fourth-order valence-corrected chi connectivity index (χ4v) is 2.09. The van der Waals surface area contributed by atoms with E-state index < -0.39 is 0 Å². The highest BCUT2D eigenvalue weighted by atomic mass is 32.1. The van der Waals surface area contributed by atoms with Crippen molar-refractivity contribution in [1.82, 2.24) is 5.32 Å². The van der Waals surface area contributed by atoms with Gasteiger partial charge in [-0.1, -0.05) is 12.1 Å². The minimum atomic E-state index is 0.757. The maximum atomic E-state index is 3.35. The molecule has 1 aromatic rings. The molecule has 1 saturated heterocycles. The molecule has 0 amide bonds. The predicted molar refractivity (Wildman–Crippen MR) is 54.3 cm³/mol. The van der Waals surface area contributed by atoms with Crippen LogP contribution in [-0.4, -0.2) is 13.1 Å². The van der Waals surface area contributed by atoms with E-state index in [9.17, 15) is 0 Å². The first-order valence-corrected chi connectivity index (χ1v) is 5.25. The van der Waals surface area contributed by atoms with Gasteiger partial charge in [-0.2, -0.15) is 0 Å². The Labute approximate surface area is 77.1 Å². The van der Waals surface area contributed by atoms with Crippen LogP contribution >= 0.6 is 11.3 Å². The molecule has 2 rings (SSSR count). The number of hydrogen-bond donors (Lipinski definition) is 1. The molecule has 1 N–H and O–H groups in total. The molecular formula is C10H13NS. The van der Waals surface area contributed by atoms with Crippen LogP contribution in [0.25, 0.3) is 6.08 Å². The molecule has 0 aliphatic carbocycles. The minimum Gasteiger partial charge on any atom is -0.316 e. The predicted octanol–water partition coefficient (Wildman–Crippen LogP) is 2.37. The molecule has 1 aliphatic heterocycles. The van der Waals surface area contributed by atoms with Crippen LogP contribution in [0.1, 0.15) is 11.3 Å². The van der Waals surface area contributed by atoms with Crippen LogP contribution in [0.2, 0.25) is 0 Å². The largest absolute Gasteiger partial charge is 0.316 e. The van der Waals surface area contributed by atoms with Crippen molar-refractivity contribution in [3.63, 3.8) is 0 Å². The quantitative estimate of drug-likeness (QED) is 0.735. The van der Waals surface area contributed by atoms with Crippen molar-refractivity contribution in [1.29, 1.82) is 0 Å². The van der Waals surface area contributed by atoms with Crippen LogP contribution in [-0.2, 0) is 0 Å². The standard InChI is InChI=1S/C10H13NS/c1-2-10(12-7-1)4-3-9-5-6-11-8-9/h1-4,7,9,11H,5-6,8H2/b4-3+. The zero-order valence-corrected chi connectivity index (χ0v) is 7.81. The van der Waals surface area contributed by atoms with Crippen molar-refractivity contribution < 1.29 is 0 Å². The molecule has 0 bridgehead atoms. The molecule has 2 heteroatoms. The Morgan fingerprint density at radius 2 is 2.58 bits per heavy atom. The Kier molecular flexibility index (Phi) is 2.59. The highest BCUT2D eigenvalue weighted by molar-refractivity contribution is 7.10. The summed E-state index contributed by atoms with van der Waals surface area (Å²) in [5, 5.41) is 5.47. The Bertz CT molecular complexity index is 245. The van der Waals surface area contributed by atoms with Gasteiger partial charge in [0.25, 0.3) is 0 Å². The summed E-state index contributed by atoms with van der Waals surface area (Å²) in [6.07, 6.45) is 5.86. The lowest BCUT2D eigenvalue weighted by Gasteiger charge is -1.97. The van der Waals surface area contributed by atoms with Crippen molar-refractivity contribution >= 4 is 17.4 Å². The molecule has 2 heterocycles. The number of thiophene rings is 1. The second-order valence-corrected chi connectivity index (χ2v) is 4.11. The molecule has 0 saturated carbocycles. The Balaban J connectivity index is 1.93. The van der Waals surface area contributed by atoms with Crippen molar-refractivity contribution in [2.45, 2.75) is 6.42 Å². The van der Waals surface area contributed by atoms with Gasteiger partial charge in [-0.25, -0.2) is 0 Å². The summed E-state index contributed by atoms with van der Waals surface area (Å²) in [6.45, 7) is 2.33. The van der Waals surface area contributed by atoms with E-state index in [0.29, 0.717) is 0 Å². The summed E-state index contributed by atoms with van der Waals surface area (Å²) in [4.78, 5) is 1.36. The normalized spacial score (nSPS) is 23.8. The third-order valence-electron chi connectivity index (χ3n) is 2.17. The molecule has 1 aromatic heterocycles. The maximum absolute atomic E-state index is 3.35. The van der Waals surface area contributed by atoms with Gasteiger partial charge >= 0.3 is 0 Å². The van der Waals surface area contributed by atoms with Gasteiger partial charge in [0, 0.05) is 11.4 Å². The van der Waals surface area contributed by atoms with E-state index in [2.05, 4.69) is 35.0 Å². The summed E-state index contributed by atoms with van der Waals surface area (Å²) in [5.74, 6) is 0.757. The van der Waals surface area contributed by atoms with E-state index in [-0.39, 0.29) is 0 Å². The number of nitrogens with one attached hydrogen (secondary N) is 1. The average Bonchev–Trinajstić information content (AvgIpc) is 2.74. The van der Waals surface area contributed by atoms with E-state index in [1.54, 1.807) is 11.3 Å². The van der Waals surface area contributed by atoms with Crippen LogP contribution in [0.4, 0.5) is 0 Å². The smallest absolute Gasteiger partial charge is 0.0267 e. The summed E-state index contributed by atoms with van der Waals surface area (Å²) < 4.78 is 0. The molecule has 1 fully saturated rings. The fraction of sp³-hybridized carbons (Fsp3) is 0.400. The Hall–Kier alpha value is -0.600. The average molecular weight is 179 g/mol. The first kappa shape index (κ1) is 8.02. The van der Waals surface area contributed by atoms with E-state index in [1.165, 1.54) is 17.8 Å². The summed E-state index contributed by atoms with van der Waals surface area (Å²) in [6, 6.07) is 4.25. The highest BCUT2D eigenvalue weighted by Crippen LogP contribution is 2.15. The third-order valence-corrected chi connectivity index (χ3v) is 3.01. The molecule has 0 radical (unpaired) electrons.